The molecule has 1 amide bonds. The Morgan fingerprint density at radius 3 is 2.36 bits per heavy atom. The van der Waals surface area contributed by atoms with Gasteiger partial charge >= 0.3 is 12.1 Å². The number of amides is 1. The van der Waals surface area contributed by atoms with Crippen molar-refractivity contribution in [3.8, 4) is 0 Å². The molecule has 0 bridgehead atoms. The van der Waals surface area contributed by atoms with Crippen LogP contribution in [0.2, 0.25) is 0 Å². The van der Waals surface area contributed by atoms with E-state index < -0.39 is 28.1 Å². The summed E-state index contributed by atoms with van der Waals surface area (Å²) in [5.74, 6) is 0.341. The molecule has 0 aromatic carbocycles. The molecule has 0 spiro atoms. The van der Waals surface area contributed by atoms with E-state index in [0.29, 0.717) is 12.2 Å². The Morgan fingerprint density at radius 1 is 1.02 bits per heavy atom. The summed E-state index contributed by atoms with van der Waals surface area (Å²) in [4.78, 5) is 41.5. The van der Waals surface area contributed by atoms with Crippen LogP contribution >= 0.6 is 0 Å². The quantitative estimate of drug-likeness (QED) is 0.351. The largest absolute Gasteiger partial charge is 0.469 e. The highest BCUT2D eigenvalue weighted by Gasteiger charge is 2.71. The first-order valence-electron chi connectivity index (χ1n) is 16.6. The summed E-state index contributed by atoms with van der Waals surface area (Å²) in [6.07, 6.45) is 9.76. The summed E-state index contributed by atoms with van der Waals surface area (Å²) in [7, 11) is 1.50. The van der Waals surface area contributed by atoms with Crippen molar-refractivity contribution in [3.05, 3.63) is 29.2 Å². The Hall–Kier alpha value is -2.64. The number of fused-ring (bicyclic) bond motifs is 8. The third-order valence-corrected chi connectivity index (χ3v) is 13.4. The second-order valence-electron chi connectivity index (χ2n) is 17.5. The number of hydrogen-bond acceptors (Lipinski definition) is 7. The van der Waals surface area contributed by atoms with E-state index in [1.807, 2.05) is 33.8 Å². The molecule has 1 heterocycles. The van der Waals surface area contributed by atoms with Gasteiger partial charge in [0, 0.05) is 11.5 Å². The molecule has 8 heteroatoms. The Bertz CT molecular complexity index is 1440. The molecule has 1 aromatic rings. The number of rotatable bonds is 2. The highest BCUT2D eigenvalue weighted by Crippen LogP contribution is 2.74. The molecule has 0 aliphatic heterocycles. The molecular formula is C36H52N2O6. The van der Waals surface area contributed by atoms with Gasteiger partial charge in [-0.05, 0) is 119 Å². The topological polar surface area (TPSA) is 108 Å². The van der Waals surface area contributed by atoms with Crippen molar-refractivity contribution in [3.63, 3.8) is 0 Å². The van der Waals surface area contributed by atoms with Gasteiger partial charge in [0.15, 0.2) is 11.5 Å². The van der Waals surface area contributed by atoms with Crippen LogP contribution < -0.4 is 5.32 Å². The Labute approximate surface area is 262 Å². The number of nitrogens with zero attached hydrogens (tertiary/aromatic N) is 1. The van der Waals surface area contributed by atoms with Crippen LogP contribution in [0.1, 0.15) is 119 Å². The van der Waals surface area contributed by atoms with Crippen molar-refractivity contribution in [2.75, 3.05) is 7.11 Å². The molecule has 0 saturated heterocycles. The first-order valence-corrected chi connectivity index (χ1v) is 16.6. The number of carbonyl (C=O) groups excluding carboxylic acids is 3. The molecule has 3 fully saturated rings. The summed E-state index contributed by atoms with van der Waals surface area (Å²) < 4.78 is 17.1. The zero-order valence-electron chi connectivity index (χ0n) is 28.4. The molecule has 8 nitrogen and oxygen atoms in total. The van der Waals surface area contributed by atoms with Gasteiger partial charge in [-0.1, -0.05) is 45.3 Å². The van der Waals surface area contributed by atoms with Gasteiger partial charge in [-0.15, -0.1) is 0 Å². The van der Waals surface area contributed by atoms with E-state index >= 15 is 0 Å². The zero-order valence-corrected chi connectivity index (χ0v) is 28.4. The van der Waals surface area contributed by atoms with E-state index in [1.54, 1.807) is 6.20 Å². The summed E-state index contributed by atoms with van der Waals surface area (Å²) in [6, 6.07) is 0. The smallest absolute Gasteiger partial charge is 0.408 e. The summed E-state index contributed by atoms with van der Waals surface area (Å²) in [5, 5.41) is 7.39. The van der Waals surface area contributed by atoms with Gasteiger partial charge in [0.2, 0.25) is 0 Å². The van der Waals surface area contributed by atoms with Crippen molar-refractivity contribution < 1.29 is 28.4 Å². The van der Waals surface area contributed by atoms with Gasteiger partial charge in [0.1, 0.15) is 11.1 Å². The lowest BCUT2D eigenvalue weighted by Crippen LogP contribution is -2.67. The van der Waals surface area contributed by atoms with Crippen LogP contribution in [0, 0.1) is 44.8 Å². The van der Waals surface area contributed by atoms with E-state index in [9.17, 15) is 14.4 Å². The number of hydrogen-bond donors (Lipinski definition) is 1. The van der Waals surface area contributed by atoms with Crippen LogP contribution in [0.15, 0.2) is 22.4 Å². The van der Waals surface area contributed by atoms with Crippen LogP contribution in [0.5, 0.6) is 0 Å². The van der Waals surface area contributed by atoms with Gasteiger partial charge < -0.3 is 19.3 Å². The lowest BCUT2D eigenvalue weighted by molar-refractivity contribution is -0.191. The van der Waals surface area contributed by atoms with Crippen molar-refractivity contribution in [2.24, 2.45) is 44.8 Å². The Kier molecular flexibility index (Phi) is 6.73. The monoisotopic (exact) mass is 608 g/mol. The van der Waals surface area contributed by atoms with Gasteiger partial charge in [-0.2, -0.15) is 0 Å². The van der Waals surface area contributed by atoms with E-state index in [2.05, 4.69) is 45.1 Å². The number of aromatic nitrogens is 1. The number of ether oxygens (including phenoxy) is 2. The first kappa shape index (κ1) is 31.3. The predicted molar refractivity (Wildman–Crippen MR) is 165 cm³/mol. The van der Waals surface area contributed by atoms with Crippen molar-refractivity contribution >= 4 is 17.8 Å². The maximum absolute atomic E-state index is 14.7. The third-order valence-electron chi connectivity index (χ3n) is 13.4. The van der Waals surface area contributed by atoms with Gasteiger partial charge in [-0.3, -0.25) is 9.59 Å². The SMILES string of the molecule is COC(=O)[C@]12CCC(C)(C)C[C@H]1[C@H]1C(=O)C=C3[C@@]4(C)Cc5cnoc5[C@@](C)(NC(=O)OC(C)(C)C)[C@@H]4CC[C@@]3(C)[C@]1(C)CC2. The van der Waals surface area contributed by atoms with Gasteiger partial charge in [0.05, 0.1) is 18.7 Å². The Morgan fingerprint density at radius 2 is 1.70 bits per heavy atom. The lowest BCUT2D eigenvalue weighted by atomic mass is 9.34. The van der Waals surface area contributed by atoms with E-state index in [-0.39, 0.29) is 45.8 Å². The zero-order chi connectivity index (χ0) is 32.3. The number of ketones is 1. The average molecular weight is 609 g/mol. The van der Waals surface area contributed by atoms with Crippen LogP contribution in [0.3, 0.4) is 0 Å². The van der Waals surface area contributed by atoms with Crippen LogP contribution in [-0.2, 0) is 31.0 Å². The molecule has 0 radical (unpaired) electrons. The summed E-state index contributed by atoms with van der Waals surface area (Å²) >= 11 is 0. The maximum atomic E-state index is 14.7. The van der Waals surface area contributed by atoms with E-state index in [1.165, 1.54) is 12.7 Å². The van der Waals surface area contributed by atoms with Crippen LogP contribution in [-0.4, -0.2) is 35.7 Å². The summed E-state index contributed by atoms with van der Waals surface area (Å²) in [6.45, 7) is 19.1. The van der Waals surface area contributed by atoms with Gasteiger partial charge in [0.25, 0.3) is 0 Å². The fourth-order valence-corrected chi connectivity index (χ4v) is 11.2. The molecule has 0 unspecified atom stereocenters. The number of alkyl carbamates (subject to hydrolysis) is 1. The third kappa shape index (κ3) is 4.13. The normalized spacial score (nSPS) is 42.4. The lowest BCUT2D eigenvalue weighted by Gasteiger charge is -2.69. The van der Waals surface area contributed by atoms with E-state index in [0.717, 1.165) is 50.5 Å². The fourth-order valence-electron chi connectivity index (χ4n) is 11.2. The number of nitrogens with one attached hydrogen (secondary N) is 1. The van der Waals surface area contributed by atoms with E-state index in [4.69, 9.17) is 14.0 Å². The Balaban J connectivity index is 1.46. The molecule has 6 rings (SSSR count). The predicted octanol–water partition coefficient (Wildman–Crippen LogP) is 7.30. The standard InChI is InChI=1S/C36H52N2O6/c1-30(2,3)43-29(41)38-35(9)24-11-12-33(7)25(32(24,6)18-21-20-37-44-27(21)35)17-23(39)26-22-19-31(4,5)13-15-36(22,28(40)42-10)16-14-34(26,33)8/h17,20,22,24,26H,11-16,18-19H2,1-10H3,(H,38,41)/t22-,24+,26-,32-,33+,34+,35-,36-/m0/s1. The second-order valence-corrected chi connectivity index (χ2v) is 17.5. The van der Waals surface area contributed by atoms with Crippen LogP contribution in [0.25, 0.3) is 0 Å². The van der Waals surface area contributed by atoms with Gasteiger partial charge in [-0.25, -0.2) is 4.79 Å². The number of esters is 1. The fraction of sp³-hybridized carbons (Fsp3) is 0.778. The average Bonchev–Trinajstić information content (AvgIpc) is 3.37. The molecule has 44 heavy (non-hydrogen) atoms. The molecular weight excluding hydrogens is 556 g/mol. The second kappa shape index (κ2) is 9.45. The first-order chi connectivity index (χ1) is 20.3. The molecule has 1 aromatic heterocycles. The highest BCUT2D eigenvalue weighted by atomic mass is 16.6. The van der Waals surface area contributed by atoms with Crippen molar-refractivity contribution in [1.82, 2.24) is 10.5 Å². The minimum Gasteiger partial charge on any atom is -0.469 e. The number of methoxy groups -OCH3 is 1. The molecule has 1 N–H and O–H groups in total. The highest BCUT2D eigenvalue weighted by molar-refractivity contribution is 5.96. The molecule has 242 valence electrons. The number of allylic oxidation sites excluding steroid dienone is 2. The molecule has 3 saturated carbocycles. The molecule has 8 atom stereocenters. The number of carbonyl (C=O) groups is 3. The van der Waals surface area contributed by atoms with Crippen LogP contribution in [0.4, 0.5) is 4.79 Å². The van der Waals surface area contributed by atoms with Crippen molar-refractivity contribution in [2.45, 2.75) is 125 Å². The minimum atomic E-state index is -0.871. The molecule has 5 aliphatic rings. The minimum absolute atomic E-state index is 0.0402. The van der Waals surface area contributed by atoms with Crippen molar-refractivity contribution in [1.29, 1.82) is 0 Å². The molecule has 5 aliphatic carbocycles. The summed E-state index contributed by atoms with van der Waals surface area (Å²) in [5.41, 5.74) is -0.951. The maximum Gasteiger partial charge on any atom is 0.408 e.